The molecule has 0 aliphatic heterocycles. The summed E-state index contributed by atoms with van der Waals surface area (Å²) in [5.41, 5.74) is 2.42. The molecule has 1 fully saturated rings. The van der Waals surface area contributed by atoms with E-state index in [4.69, 9.17) is 0 Å². The van der Waals surface area contributed by atoms with E-state index in [1.54, 1.807) is 0 Å². The Bertz CT molecular complexity index is 568. The molecule has 5 nitrogen and oxygen atoms in total. The number of nitrogens with one attached hydrogen (secondary N) is 1. The monoisotopic (exact) mass is 295 g/mol. The molecule has 0 radical (unpaired) electrons. The number of hydrogen-bond acceptors (Lipinski definition) is 3. The molecule has 6 heteroatoms. The number of nitrogens with zero attached hydrogens (tertiary/aromatic N) is 4. The fourth-order valence-electron chi connectivity index (χ4n) is 2.36. The Kier molecular flexibility index (Phi) is 4.38. The second-order valence-corrected chi connectivity index (χ2v) is 5.57. The van der Waals surface area contributed by atoms with E-state index in [0.29, 0.717) is 12.0 Å². The molecular weight excluding hydrogens is 274 g/mol. The number of aryl methyl sites for hydroxylation is 1. The second kappa shape index (κ2) is 5.87. The van der Waals surface area contributed by atoms with Crippen LogP contribution < -0.4 is 5.32 Å². The highest BCUT2D eigenvalue weighted by Crippen LogP contribution is 2.39. The van der Waals surface area contributed by atoms with Gasteiger partial charge in [-0.3, -0.25) is 9.36 Å². The lowest BCUT2D eigenvalue weighted by Crippen LogP contribution is -2.12. The molecule has 2 heterocycles. The van der Waals surface area contributed by atoms with Crippen molar-refractivity contribution in [2.75, 3.05) is 5.32 Å². The van der Waals surface area contributed by atoms with Crippen LogP contribution in [0.5, 0.6) is 0 Å². The minimum atomic E-state index is 0. The molecule has 2 aromatic rings. The van der Waals surface area contributed by atoms with Crippen LogP contribution in [0.1, 0.15) is 50.0 Å². The van der Waals surface area contributed by atoms with Gasteiger partial charge in [-0.2, -0.15) is 10.2 Å². The minimum Gasteiger partial charge on any atom is -0.365 e. The van der Waals surface area contributed by atoms with E-state index < -0.39 is 0 Å². The predicted octanol–water partition coefficient (Wildman–Crippen LogP) is 3.11. The van der Waals surface area contributed by atoms with Crippen molar-refractivity contribution in [2.24, 2.45) is 7.05 Å². The highest BCUT2D eigenvalue weighted by atomic mass is 35.5. The Hall–Kier alpha value is -1.49. The minimum absolute atomic E-state index is 0. The molecule has 0 unspecified atom stereocenters. The first-order valence-corrected chi connectivity index (χ1v) is 6.95. The highest BCUT2D eigenvalue weighted by molar-refractivity contribution is 5.85. The topological polar surface area (TPSA) is 47.7 Å². The molecule has 1 saturated carbocycles. The lowest BCUT2D eigenvalue weighted by atomic mass is 10.3. The summed E-state index contributed by atoms with van der Waals surface area (Å²) in [6.07, 6.45) is 4.43. The third-order valence-corrected chi connectivity index (χ3v) is 3.59. The SMILES string of the molecule is CC(C)n1nccc1CNc1cc(C2CC2)nn1C.Cl. The Morgan fingerprint density at radius 1 is 1.40 bits per heavy atom. The average Bonchev–Trinajstić information content (AvgIpc) is 2.99. The normalized spacial score (nSPS) is 14.4. The van der Waals surface area contributed by atoms with Crippen LogP contribution >= 0.6 is 12.4 Å². The van der Waals surface area contributed by atoms with Crippen LogP contribution in [0.25, 0.3) is 0 Å². The summed E-state index contributed by atoms with van der Waals surface area (Å²) in [7, 11) is 1.99. The van der Waals surface area contributed by atoms with Gasteiger partial charge in [-0.05, 0) is 32.8 Å². The van der Waals surface area contributed by atoms with Gasteiger partial charge in [0.1, 0.15) is 5.82 Å². The average molecular weight is 296 g/mol. The van der Waals surface area contributed by atoms with E-state index in [-0.39, 0.29) is 12.4 Å². The number of anilines is 1. The van der Waals surface area contributed by atoms with Crippen LogP contribution in [0.2, 0.25) is 0 Å². The zero-order valence-corrected chi connectivity index (χ0v) is 13.0. The molecule has 0 atom stereocenters. The highest BCUT2D eigenvalue weighted by Gasteiger charge is 2.26. The lowest BCUT2D eigenvalue weighted by molar-refractivity contribution is 0.512. The van der Waals surface area contributed by atoms with E-state index >= 15 is 0 Å². The largest absolute Gasteiger partial charge is 0.365 e. The fourth-order valence-corrected chi connectivity index (χ4v) is 2.36. The van der Waals surface area contributed by atoms with Gasteiger partial charge in [-0.15, -0.1) is 12.4 Å². The number of aromatic nitrogens is 4. The standard InChI is InChI=1S/C14H21N5.ClH/c1-10(2)19-12(6-7-16-19)9-15-14-8-13(11-4-5-11)17-18(14)3;/h6-8,10-11,15H,4-5,9H2,1-3H3;1H. The van der Waals surface area contributed by atoms with Crippen molar-refractivity contribution in [2.45, 2.75) is 45.2 Å². The molecule has 0 amide bonds. The molecule has 0 saturated heterocycles. The van der Waals surface area contributed by atoms with Gasteiger partial charge in [-0.1, -0.05) is 0 Å². The summed E-state index contributed by atoms with van der Waals surface area (Å²) in [5.74, 6) is 1.78. The first-order chi connectivity index (χ1) is 9.15. The van der Waals surface area contributed by atoms with Gasteiger partial charge >= 0.3 is 0 Å². The molecule has 1 aliphatic carbocycles. The molecule has 0 spiro atoms. The third-order valence-electron chi connectivity index (χ3n) is 3.59. The maximum absolute atomic E-state index is 4.56. The second-order valence-electron chi connectivity index (χ2n) is 5.57. The molecule has 110 valence electrons. The molecule has 0 bridgehead atoms. The van der Waals surface area contributed by atoms with E-state index in [2.05, 4.69) is 41.5 Å². The molecule has 1 N–H and O–H groups in total. The molecule has 1 aliphatic rings. The van der Waals surface area contributed by atoms with Gasteiger partial charge in [0, 0.05) is 31.3 Å². The van der Waals surface area contributed by atoms with Gasteiger partial charge in [-0.25, -0.2) is 0 Å². The van der Waals surface area contributed by atoms with Gasteiger partial charge in [0.15, 0.2) is 0 Å². The van der Waals surface area contributed by atoms with Crippen LogP contribution in [0.4, 0.5) is 5.82 Å². The van der Waals surface area contributed by atoms with Gasteiger partial charge in [0.05, 0.1) is 17.9 Å². The summed E-state index contributed by atoms with van der Waals surface area (Å²) in [6, 6.07) is 4.62. The van der Waals surface area contributed by atoms with Crippen molar-refractivity contribution in [1.82, 2.24) is 19.6 Å². The number of rotatable bonds is 5. The third kappa shape index (κ3) is 2.98. The van der Waals surface area contributed by atoms with Crippen molar-refractivity contribution >= 4 is 18.2 Å². The first-order valence-electron chi connectivity index (χ1n) is 6.95. The fraction of sp³-hybridized carbons (Fsp3) is 0.571. The molecule has 3 rings (SSSR count). The number of halogens is 1. The first kappa shape index (κ1) is 14.9. The summed E-state index contributed by atoms with van der Waals surface area (Å²) in [5, 5.41) is 12.4. The van der Waals surface area contributed by atoms with Crippen LogP contribution in [0, 0.1) is 0 Å². The Balaban J connectivity index is 0.00000147. The van der Waals surface area contributed by atoms with Crippen LogP contribution in [0.15, 0.2) is 18.3 Å². The van der Waals surface area contributed by atoms with E-state index in [9.17, 15) is 0 Å². The lowest BCUT2D eigenvalue weighted by Gasteiger charge is -2.12. The van der Waals surface area contributed by atoms with Gasteiger partial charge < -0.3 is 5.32 Å². The van der Waals surface area contributed by atoms with Crippen molar-refractivity contribution in [3.05, 3.63) is 29.7 Å². The van der Waals surface area contributed by atoms with E-state index in [1.165, 1.54) is 24.2 Å². The van der Waals surface area contributed by atoms with E-state index in [1.807, 2.05) is 22.6 Å². The maximum Gasteiger partial charge on any atom is 0.124 e. The maximum atomic E-state index is 4.56. The van der Waals surface area contributed by atoms with Crippen molar-refractivity contribution in [3.63, 3.8) is 0 Å². The van der Waals surface area contributed by atoms with Crippen molar-refractivity contribution < 1.29 is 0 Å². The molecular formula is C14H22ClN5. The van der Waals surface area contributed by atoms with E-state index in [0.717, 1.165) is 12.4 Å². The summed E-state index contributed by atoms with van der Waals surface area (Å²) in [4.78, 5) is 0. The Morgan fingerprint density at radius 2 is 2.15 bits per heavy atom. The Labute approximate surface area is 125 Å². The van der Waals surface area contributed by atoms with Crippen LogP contribution in [0.3, 0.4) is 0 Å². The summed E-state index contributed by atoms with van der Waals surface area (Å²) in [6.45, 7) is 5.07. The van der Waals surface area contributed by atoms with Crippen molar-refractivity contribution in [3.8, 4) is 0 Å². The predicted molar refractivity (Wildman–Crippen MR) is 82.4 cm³/mol. The quantitative estimate of drug-likeness (QED) is 0.922. The number of hydrogen-bond donors (Lipinski definition) is 1. The summed E-state index contributed by atoms with van der Waals surface area (Å²) >= 11 is 0. The smallest absolute Gasteiger partial charge is 0.124 e. The molecule has 0 aromatic carbocycles. The summed E-state index contributed by atoms with van der Waals surface area (Å²) < 4.78 is 3.98. The van der Waals surface area contributed by atoms with Crippen LogP contribution in [-0.2, 0) is 13.6 Å². The Morgan fingerprint density at radius 3 is 2.80 bits per heavy atom. The van der Waals surface area contributed by atoms with Crippen molar-refractivity contribution in [1.29, 1.82) is 0 Å². The zero-order valence-electron chi connectivity index (χ0n) is 12.2. The van der Waals surface area contributed by atoms with Crippen LogP contribution in [-0.4, -0.2) is 19.6 Å². The van der Waals surface area contributed by atoms with Gasteiger partial charge in [0.25, 0.3) is 0 Å². The molecule has 20 heavy (non-hydrogen) atoms. The van der Waals surface area contributed by atoms with Gasteiger partial charge in [0.2, 0.25) is 0 Å². The zero-order chi connectivity index (χ0) is 13.4. The molecule has 2 aromatic heterocycles.